The molecule has 0 radical (unpaired) electrons. The molecule has 1 aliphatic rings. The Kier molecular flexibility index (Phi) is 11.6. The molecule has 1 N–H and O–H groups in total. The lowest BCUT2D eigenvalue weighted by Gasteiger charge is -2.35. The van der Waals surface area contributed by atoms with Gasteiger partial charge in [-0.3, -0.25) is 4.79 Å². The van der Waals surface area contributed by atoms with Gasteiger partial charge in [0.1, 0.15) is 23.1 Å². The number of nitrogens with zero attached hydrogens (tertiary/aromatic N) is 7. The van der Waals surface area contributed by atoms with Crippen molar-refractivity contribution >= 4 is 32.7 Å². The summed E-state index contributed by atoms with van der Waals surface area (Å²) >= 11 is 0. The van der Waals surface area contributed by atoms with Crippen molar-refractivity contribution in [3.05, 3.63) is 88.9 Å². The van der Waals surface area contributed by atoms with Gasteiger partial charge in [-0.25, -0.2) is 28.1 Å². The van der Waals surface area contributed by atoms with Gasteiger partial charge < -0.3 is 19.5 Å². The second-order valence-corrected chi connectivity index (χ2v) is 15.8. The van der Waals surface area contributed by atoms with E-state index in [2.05, 4.69) is 30.6 Å². The van der Waals surface area contributed by atoms with Gasteiger partial charge in [-0.05, 0) is 80.1 Å². The Hall–Kier alpha value is -4.99. The highest BCUT2D eigenvalue weighted by Crippen LogP contribution is 2.45. The van der Waals surface area contributed by atoms with Crippen LogP contribution >= 0.6 is 0 Å². The maximum Gasteiger partial charge on any atom is 0.316 e. The third kappa shape index (κ3) is 7.79. The molecule has 0 bridgehead atoms. The highest BCUT2D eigenvalue weighted by Gasteiger charge is 2.41. The number of anilines is 1. The average Bonchev–Trinajstić information content (AvgIpc) is 3.55. The molecule has 1 unspecified atom stereocenters. The number of pyridine rings is 1. The van der Waals surface area contributed by atoms with Crippen LogP contribution in [0.15, 0.2) is 66.0 Å². The number of carbonyl (C=O) groups excluding carboxylic acids is 1. The Balaban J connectivity index is 1.38. The first-order valence-corrected chi connectivity index (χ1v) is 19.7. The number of aromatic nitrogens is 6. The van der Waals surface area contributed by atoms with Gasteiger partial charge >= 0.3 is 6.01 Å². The van der Waals surface area contributed by atoms with E-state index in [1.54, 1.807) is 6.07 Å². The Morgan fingerprint density at radius 3 is 2.56 bits per heavy atom. The van der Waals surface area contributed by atoms with Crippen molar-refractivity contribution in [3.63, 3.8) is 0 Å². The lowest BCUT2D eigenvalue weighted by Crippen LogP contribution is -2.38. The molecule has 54 heavy (non-hydrogen) atoms. The first kappa shape index (κ1) is 38.7. The van der Waals surface area contributed by atoms with Crippen molar-refractivity contribution in [1.82, 2.24) is 34.3 Å². The van der Waals surface area contributed by atoms with Gasteiger partial charge in [0.05, 0.1) is 42.2 Å². The van der Waals surface area contributed by atoms with Gasteiger partial charge in [-0.1, -0.05) is 50.3 Å². The molecule has 3 aromatic heterocycles. The zero-order chi connectivity index (χ0) is 38.6. The van der Waals surface area contributed by atoms with Crippen molar-refractivity contribution in [1.29, 1.82) is 0 Å². The molecule has 1 aliphatic heterocycles. The molecule has 0 saturated heterocycles. The molecule has 0 spiro atoms. The Bertz CT molecular complexity index is 2220. The summed E-state index contributed by atoms with van der Waals surface area (Å²) in [6.45, 7) is 15.9. The van der Waals surface area contributed by atoms with Crippen LogP contribution in [-0.2, 0) is 32.6 Å². The molecule has 1 amide bonds. The van der Waals surface area contributed by atoms with Crippen molar-refractivity contribution in [3.8, 4) is 11.9 Å². The summed E-state index contributed by atoms with van der Waals surface area (Å²) in [7, 11) is -3.94. The second kappa shape index (κ2) is 16.2. The largest absolute Gasteiger partial charge is 0.472 e. The minimum absolute atomic E-state index is 0.0450. The van der Waals surface area contributed by atoms with E-state index in [9.17, 15) is 13.2 Å². The van der Waals surface area contributed by atoms with Crippen LogP contribution in [0.5, 0.6) is 11.9 Å². The van der Waals surface area contributed by atoms with Crippen LogP contribution in [0.25, 0.3) is 11.0 Å². The Morgan fingerprint density at radius 2 is 1.83 bits per heavy atom. The molecule has 0 fully saturated rings. The molecule has 2 aromatic carbocycles. The van der Waals surface area contributed by atoms with Crippen molar-refractivity contribution in [2.75, 3.05) is 31.7 Å². The van der Waals surface area contributed by atoms with E-state index in [4.69, 9.17) is 14.2 Å². The number of carbonyl (C=O) groups is 1. The second-order valence-electron chi connectivity index (χ2n) is 13.9. The van der Waals surface area contributed by atoms with Gasteiger partial charge in [0.15, 0.2) is 0 Å². The van der Waals surface area contributed by atoms with Crippen LogP contribution in [0.2, 0.25) is 0 Å². The van der Waals surface area contributed by atoms with E-state index >= 15 is 0 Å². The highest BCUT2D eigenvalue weighted by molar-refractivity contribution is 7.89. The number of hydrogen-bond donors (Lipinski definition) is 1. The van der Waals surface area contributed by atoms with E-state index < -0.39 is 21.4 Å². The number of fused-ring (bicyclic) bond motifs is 2. The summed E-state index contributed by atoms with van der Waals surface area (Å²) in [5.41, 5.74) is 5.38. The lowest BCUT2D eigenvalue weighted by atomic mass is 9.69. The summed E-state index contributed by atoms with van der Waals surface area (Å²) < 4.78 is 48.4. The third-order valence-corrected chi connectivity index (χ3v) is 11.8. The first-order valence-electron chi connectivity index (χ1n) is 18.3. The number of benzene rings is 2. The molecule has 15 heteroatoms. The SMILES string of the molecule is CCOCCOc1ncc(NC(=O)C(C)(C)C(c2ccc(C)c(CN3C[C@@H](CC)Oc4ncccc4S3(=O)=O)c2)c2ccc3c(nnn3CC)c2C)cn1. The molecule has 0 aliphatic carbocycles. The van der Waals surface area contributed by atoms with E-state index in [0.717, 1.165) is 38.9 Å². The zero-order valence-electron chi connectivity index (χ0n) is 31.9. The lowest BCUT2D eigenvalue weighted by molar-refractivity contribution is -0.124. The quantitative estimate of drug-likeness (QED) is 0.136. The molecule has 5 aromatic rings. The maximum absolute atomic E-state index is 14.4. The van der Waals surface area contributed by atoms with Crippen LogP contribution in [0.4, 0.5) is 5.69 Å². The van der Waals surface area contributed by atoms with E-state index in [-0.39, 0.29) is 41.9 Å². The molecule has 4 heterocycles. The molecule has 14 nitrogen and oxygen atoms in total. The summed E-state index contributed by atoms with van der Waals surface area (Å²) in [4.78, 5) is 27.2. The number of hydrogen-bond acceptors (Lipinski definition) is 11. The summed E-state index contributed by atoms with van der Waals surface area (Å²) in [5.74, 6) is -0.639. The van der Waals surface area contributed by atoms with Crippen LogP contribution in [0.1, 0.15) is 74.8 Å². The van der Waals surface area contributed by atoms with Crippen LogP contribution < -0.4 is 14.8 Å². The smallest absolute Gasteiger partial charge is 0.316 e. The number of nitrogens with one attached hydrogen (secondary N) is 1. The molecule has 0 saturated carbocycles. The summed E-state index contributed by atoms with van der Waals surface area (Å²) in [6.07, 6.45) is 4.79. The van der Waals surface area contributed by atoms with Crippen LogP contribution in [0, 0.1) is 19.3 Å². The number of sulfonamides is 1. The van der Waals surface area contributed by atoms with Gasteiger partial charge in [0.25, 0.3) is 0 Å². The minimum atomic E-state index is -3.94. The fourth-order valence-corrected chi connectivity index (χ4v) is 8.36. The average molecular weight is 757 g/mol. The van der Waals surface area contributed by atoms with Crippen LogP contribution in [0.3, 0.4) is 0 Å². The van der Waals surface area contributed by atoms with Gasteiger partial charge in [0, 0.05) is 31.8 Å². The summed E-state index contributed by atoms with van der Waals surface area (Å²) in [5, 5.41) is 11.9. The highest BCUT2D eigenvalue weighted by atomic mass is 32.2. The summed E-state index contributed by atoms with van der Waals surface area (Å²) in [6, 6.07) is 13.4. The van der Waals surface area contributed by atoms with Gasteiger partial charge in [-0.15, -0.1) is 5.10 Å². The van der Waals surface area contributed by atoms with Crippen molar-refractivity contribution in [2.45, 2.75) is 84.9 Å². The van der Waals surface area contributed by atoms with E-state index in [1.165, 1.54) is 29.0 Å². The fraction of sp³-hybridized carbons (Fsp3) is 0.436. The van der Waals surface area contributed by atoms with Crippen molar-refractivity contribution in [2.24, 2.45) is 5.41 Å². The minimum Gasteiger partial charge on any atom is -0.472 e. The topological polar surface area (TPSA) is 164 Å². The van der Waals surface area contributed by atoms with Crippen molar-refractivity contribution < 1.29 is 27.4 Å². The predicted octanol–water partition coefficient (Wildman–Crippen LogP) is 5.83. The normalized spacial score (nSPS) is 16.3. The maximum atomic E-state index is 14.4. The monoisotopic (exact) mass is 756 g/mol. The fourth-order valence-electron chi connectivity index (χ4n) is 6.84. The molecular formula is C39H48N8O6S. The predicted molar refractivity (Wildman–Crippen MR) is 204 cm³/mol. The van der Waals surface area contributed by atoms with E-state index in [0.29, 0.717) is 38.5 Å². The number of ether oxygens (including phenoxy) is 3. The third-order valence-electron chi connectivity index (χ3n) is 10.00. The van der Waals surface area contributed by atoms with E-state index in [1.807, 2.05) is 83.5 Å². The first-order chi connectivity index (χ1) is 25.9. The molecule has 6 rings (SSSR count). The number of aryl methyl sites for hydroxylation is 3. The number of amides is 1. The molecular weight excluding hydrogens is 709 g/mol. The number of rotatable bonds is 14. The van der Waals surface area contributed by atoms with Gasteiger partial charge in [-0.2, -0.15) is 4.31 Å². The van der Waals surface area contributed by atoms with Crippen LogP contribution in [-0.4, -0.2) is 81.0 Å². The molecule has 2 atom stereocenters. The van der Waals surface area contributed by atoms with Gasteiger partial charge in [0.2, 0.25) is 21.8 Å². The molecule has 286 valence electrons. The Morgan fingerprint density at radius 1 is 1.06 bits per heavy atom. The Labute approximate surface area is 316 Å². The zero-order valence-corrected chi connectivity index (χ0v) is 32.7. The standard InChI is InChI=1S/C39H48N8O6S/c1-8-30-24-46(54(49,50)33-12-11-17-40-36(33)53-30)23-28-20-27(14-13-25(28)4)34(31-15-16-32-35(26(31)5)44-45-47(32)9-2)39(6,7)37(48)43-29-21-41-38(42-22-29)52-19-18-51-10-3/h11-17,20-22,30,34H,8-10,18-19,23-24H2,1-7H3,(H,43,48)/t30-,34?/m1/s1.